The third kappa shape index (κ3) is 7.30. The molecule has 0 radical (unpaired) electrons. The van der Waals surface area contributed by atoms with E-state index in [-0.39, 0.29) is 11.3 Å². The van der Waals surface area contributed by atoms with Gasteiger partial charge in [0, 0.05) is 18.7 Å². The fourth-order valence-electron chi connectivity index (χ4n) is 7.38. The van der Waals surface area contributed by atoms with Gasteiger partial charge in [0.25, 0.3) is 5.69 Å². The van der Waals surface area contributed by atoms with Gasteiger partial charge in [-0.25, -0.2) is 19.1 Å². The first kappa shape index (κ1) is 33.9. The molecule has 0 aliphatic heterocycles. The number of nitrogens with one attached hydrogen (secondary N) is 1. The lowest BCUT2D eigenvalue weighted by Crippen LogP contribution is -2.40. The summed E-state index contributed by atoms with van der Waals surface area (Å²) in [5, 5.41) is 3.36. The molecule has 242 valence electrons. The van der Waals surface area contributed by atoms with Crippen LogP contribution < -0.4 is 9.47 Å². The number of nitrogens with zero attached hydrogens (tertiary/aromatic N) is 4. The number of ether oxygens (including phenoxy) is 2. The van der Waals surface area contributed by atoms with E-state index in [9.17, 15) is 4.79 Å². The second-order valence-electron chi connectivity index (χ2n) is 14.3. The van der Waals surface area contributed by atoms with Gasteiger partial charge in [-0.15, -0.1) is 13.2 Å². The first-order valence-corrected chi connectivity index (χ1v) is 16.2. The van der Waals surface area contributed by atoms with Gasteiger partial charge in [-0.05, 0) is 79.7 Å². The first-order chi connectivity index (χ1) is 21.3. The summed E-state index contributed by atoms with van der Waals surface area (Å²) in [6.45, 7) is 32.5. The monoisotopic (exact) mass is 613 g/mol. The number of aromatic amines is 1. The van der Waals surface area contributed by atoms with Crippen LogP contribution in [0.1, 0.15) is 71.9 Å². The Morgan fingerprint density at radius 3 is 2.51 bits per heavy atom. The second kappa shape index (κ2) is 14.0. The number of carbonyl (C=O) groups is 1. The molecule has 1 aliphatic rings. The van der Waals surface area contributed by atoms with E-state index < -0.39 is 6.09 Å². The van der Waals surface area contributed by atoms with Crippen molar-refractivity contribution in [1.29, 1.82) is 0 Å². The Morgan fingerprint density at radius 1 is 1.24 bits per heavy atom. The van der Waals surface area contributed by atoms with Crippen molar-refractivity contribution in [3.8, 4) is 23.0 Å². The fraction of sp³-hybridized carbons (Fsp3) is 0.541. The third-order valence-corrected chi connectivity index (χ3v) is 9.28. The van der Waals surface area contributed by atoms with Crippen LogP contribution in [0.5, 0.6) is 11.6 Å². The van der Waals surface area contributed by atoms with Gasteiger partial charge in [0.2, 0.25) is 5.88 Å². The molecule has 1 amide bonds. The highest BCUT2D eigenvalue weighted by Gasteiger charge is 2.43. The minimum atomic E-state index is -0.577. The number of fused-ring (bicyclic) bond motifs is 1. The molecule has 8 heteroatoms. The molecule has 0 saturated heterocycles. The van der Waals surface area contributed by atoms with Crippen LogP contribution >= 0.6 is 0 Å². The van der Waals surface area contributed by atoms with Crippen LogP contribution in [0.2, 0.25) is 0 Å². The van der Waals surface area contributed by atoms with Crippen molar-refractivity contribution in [2.24, 2.45) is 35.0 Å². The van der Waals surface area contributed by atoms with Crippen LogP contribution in [-0.2, 0) is 6.42 Å². The van der Waals surface area contributed by atoms with E-state index in [1.165, 1.54) is 11.3 Å². The maximum absolute atomic E-state index is 13.5. The molecule has 0 spiro atoms. The molecule has 1 saturated carbocycles. The SMILES string of the molecule is [C-]#[N+]c1c(CC2C(CC(C)C)CC(C)CC2C(C)(C)C)c2nc(-c3cc(C)ccc3OC)[nH]n2c1OC(=O)N(CC=C)CC=C. The van der Waals surface area contributed by atoms with Gasteiger partial charge in [-0.1, -0.05) is 65.3 Å². The Labute approximate surface area is 269 Å². The van der Waals surface area contributed by atoms with Crippen molar-refractivity contribution in [3.63, 3.8) is 0 Å². The maximum Gasteiger partial charge on any atom is 0.416 e. The predicted octanol–water partition coefficient (Wildman–Crippen LogP) is 9.28. The molecule has 1 N–H and O–H groups in total. The van der Waals surface area contributed by atoms with Gasteiger partial charge in [0.15, 0.2) is 5.82 Å². The van der Waals surface area contributed by atoms with E-state index in [1.807, 2.05) is 25.1 Å². The summed E-state index contributed by atoms with van der Waals surface area (Å²) in [5.74, 6) is 3.97. The number of amides is 1. The topological polar surface area (TPSA) is 76.2 Å². The van der Waals surface area contributed by atoms with E-state index in [2.05, 4.69) is 64.6 Å². The van der Waals surface area contributed by atoms with Crippen LogP contribution in [0.3, 0.4) is 0 Å². The molecule has 1 aromatic carbocycles. The number of benzene rings is 1. The molecular formula is C37H51N5O3. The second-order valence-corrected chi connectivity index (χ2v) is 14.3. The number of H-pyrrole nitrogens is 1. The zero-order chi connectivity index (χ0) is 33.1. The van der Waals surface area contributed by atoms with Gasteiger partial charge in [-0.3, -0.25) is 5.10 Å². The zero-order valence-electron chi connectivity index (χ0n) is 28.4. The summed E-state index contributed by atoms with van der Waals surface area (Å²) in [5.41, 5.74) is 3.72. The highest BCUT2D eigenvalue weighted by molar-refractivity contribution is 5.80. The van der Waals surface area contributed by atoms with E-state index in [0.717, 1.165) is 29.5 Å². The minimum absolute atomic E-state index is 0.0997. The van der Waals surface area contributed by atoms with E-state index in [0.29, 0.717) is 72.0 Å². The normalized spacial score (nSPS) is 20.2. The molecule has 1 fully saturated rings. The lowest BCUT2D eigenvalue weighted by Gasteiger charge is -2.48. The Kier molecular flexibility index (Phi) is 10.5. The molecule has 45 heavy (non-hydrogen) atoms. The standard InChI is InChI=1S/C37H51N5O3/c1-12-16-41(17-13-2)36(43)45-35-32(38-10)29(22-27-26(18-23(3)4)19-25(6)21-30(27)37(7,8)9)34-39-33(40-42(34)35)28-20-24(5)14-15-31(28)44-11/h12-15,20,23,25-27,30H,1-2,16-19,21-22H2,3-9,11H3,(H,39,40). The number of rotatable bonds is 11. The smallest absolute Gasteiger partial charge is 0.416 e. The van der Waals surface area contributed by atoms with E-state index >= 15 is 0 Å². The number of aromatic nitrogens is 3. The van der Waals surface area contributed by atoms with E-state index in [1.54, 1.807) is 23.8 Å². The minimum Gasteiger partial charge on any atom is -0.496 e. The van der Waals surface area contributed by atoms with Gasteiger partial charge in [0.05, 0.1) is 19.2 Å². The lowest BCUT2D eigenvalue weighted by atomic mass is 9.57. The lowest BCUT2D eigenvalue weighted by molar-refractivity contribution is 0.0259. The first-order valence-electron chi connectivity index (χ1n) is 16.2. The Hall–Kier alpha value is -3.99. The number of hydrogen-bond donors (Lipinski definition) is 1. The summed E-state index contributed by atoms with van der Waals surface area (Å²) in [7, 11) is 1.64. The molecule has 0 bridgehead atoms. The molecule has 8 nitrogen and oxygen atoms in total. The number of carbonyl (C=O) groups excluding carboxylic acids is 1. The summed E-state index contributed by atoms with van der Waals surface area (Å²) >= 11 is 0. The molecule has 4 atom stereocenters. The van der Waals surface area contributed by atoms with Crippen molar-refractivity contribution < 1.29 is 14.3 Å². The number of hydrogen-bond acceptors (Lipinski definition) is 4. The van der Waals surface area contributed by atoms with Gasteiger partial charge < -0.3 is 14.4 Å². The number of methoxy groups -OCH3 is 1. The van der Waals surface area contributed by atoms with Crippen molar-refractivity contribution >= 4 is 17.4 Å². The largest absolute Gasteiger partial charge is 0.496 e. The van der Waals surface area contributed by atoms with Crippen LogP contribution in [0, 0.1) is 48.5 Å². The van der Waals surface area contributed by atoms with Crippen molar-refractivity contribution in [2.75, 3.05) is 20.2 Å². The van der Waals surface area contributed by atoms with Gasteiger partial charge in [0.1, 0.15) is 11.4 Å². The number of aryl methyl sites for hydroxylation is 1. The molecular weight excluding hydrogens is 562 g/mol. The predicted molar refractivity (Wildman–Crippen MR) is 182 cm³/mol. The quantitative estimate of drug-likeness (QED) is 0.173. The van der Waals surface area contributed by atoms with Gasteiger partial charge >= 0.3 is 6.09 Å². The molecule has 2 aromatic heterocycles. The van der Waals surface area contributed by atoms with Gasteiger partial charge in [-0.2, -0.15) is 0 Å². The van der Waals surface area contributed by atoms with Crippen molar-refractivity contribution in [1.82, 2.24) is 19.5 Å². The molecule has 4 unspecified atom stereocenters. The summed E-state index contributed by atoms with van der Waals surface area (Å²) < 4.78 is 13.4. The van der Waals surface area contributed by atoms with Crippen LogP contribution in [0.15, 0.2) is 43.5 Å². The van der Waals surface area contributed by atoms with Crippen molar-refractivity contribution in [2.45, 2.75) is 74.1 Å². The summed E-state index contributed by atoms with van der Waals surface area (Å²) in [6, 6.07) is 5.93. The summed E-state index contributed by atoms with van der Waals surface area (Å²) in [6.07, 6.45) is 6.85. The van der Waals surface area contributed by atoms with Crippen molar-refractivity contribution in [3.05, 3.63) is 66.1 Å². The molecule has 3 aromatic rings. The van der Waals surface area contributed by atoms with E-state index in [4.69, 9.17) is 21.0 Å². The average Bonchev–Trinajstić information content (AvgIpc) is 3.51. The third-order valence-electron chi connectivity index (χ3n) is 9.28. The molecule has 1 aliphatic carbocycles. The molecule has 2 heterocycles. The molecule has 4 rings (SSSR count). The summed E-state index contributed by atoms with van der Waals surface area (Å²) in [4.78, 5) is 24.0. The zero-order valence-corrected chi connectivity index (χ0v) is 28.4. The highest BCUT2D eigenvalue weighted by atomic mass is 16.6. The Balaban J connectivity index is 1.93. The van der Waals surface area contributed by atoms with Crippen LogP contribution in [-0.4, -0.2) is 45.8 Å². The Bertz CT molecular complexity index is 1560. The average molecular weight is 614 g/mol. The Morgan fingerprint density at radius 2 is 1.93 bits per heavy atom. The van der Waals surface area contributed by atoms with Crippen LogP contribution in [0.4, 0.5) is 10.5 Å². The highest BCUT2D eigenvalue weighted by Crippen LogP contribution is 2.51. The van der Waals surface area contributed by atoms with Crippen LogP contribution in [0.25, 0.3) is 21.9 Å². The fourth-order valence-corrected chi connectivity index (χ4v) is 7.38. The maximum atomic E-state index is 13.5.